The van der Waals surface area contributed by atoms with Gasteiger partial charge in [-0.25, -0.2) is 4.39 Å². The quantitative estimate of drug-likeness (QED) is 0.657. The number of anilines is 3. The van der Waals surface area contributed by atoms with Gasteiger partial charge in [0.15, 0.2) is 0 Å². The summed E-state index contributed by atoms with van der Waals surface area (Å²) < 4.78 is 13.1. The van der Waals surface area contributed by atoms with Crippen LogP contribution in [0.4, 0.5) is 21.5 Å². The van der Waals surface area contributed by atoms with Crippen LogP contribution < -0.4 is 15.5 Å². The van der Waals surface area contributed by atoms with Crippen molar-refractivity contribution < 1.29 is 18.8 Å². The fourth-order valence-corrected chi connectivity index (χ4v) is 3.50. The Bertz CT molecular complexity index is 1120. The highest BCUT2D eigenvalue weighted by Crippen LogP contribution is 2.26. The maximum Gasteiger partial charge on any atom is 0.257 e. The summed E-state index contributed by atoms with van der Waals surface area (Å²) in [5.74, 6) is -1.80. The molecule has 1 aliphatic rings. The zero-order valence-electron chi connectivity index (χ0n) is 16.5. The Balaban J connectivity index is 1.46. The first-order chi connectivity index (χ1) is 15.0. The number of amides is 3. The first-order valence-electron chi connectivity index (χ1n) is 9.83. The first-order valence-corrected chi connectivity index (χ1v) is 9.83. The molecule has 1 saturated heterocycles. The van der Waals surface area contributed by atoms with Gasteiger partial charge in [-0.1, -0.05) is 30.3 Å². The Morgan fingerprint density at radius 1 is 0.871 bits per heavy atom. The summed E-state index contributed by atoms with van der Waals surface area (Å²) in [5, 5.41) is 5.47. The Labute approximate surface area is 178 Å². The van der Waals surface area contributed by atoms with E-state index in [0.29, 0.717) is 11.4 Å². The van der Waals surface area contributed by atoms with Crippen LogP contribution in [-0.4, -0.2) is 24.3 Å². The molecule has 0 saturated carbocycles. The minimum atomic E-state index is -0.527. The van der Waals surface area contributed by atoms with E-state index in [1.54, 1.807) is 29.2 Å². The van der Waals surface area contributed by atoms with Gasteiger partial charge in [0.1, 0.15) is 5.82 Å². The highest BCUT2D eigenvalue weighted by molar-refractivity contribution is 6.11. The molecular formula is C24H20FN3O3. The number of halogens is 1. The average molecular weight is 417 g/mol. The van der Waals surface area contributed by atoms with Crippen LogP contribution in [0.1, 0.15) is 16.8 Å². The molecule has 3 aromatic carbocycles. The Morgan fingerprint density at radius 2 is 1.55 bits per heavy atom. The molecule has 3 aromatic rings. The van der Waals surface area contributed by atoms with E-state index in [-0.39, 0.29) is 30.3 Å². The van der Waals surface area contributed by atoms with Gasteiger partial charge in [-0.2, -0.15) is 0 Å². The van der Waals surface area contributed by atoms with Gasteiger partial charge in [0.25, 0.3) is 5.91 Å². The van der Waals surface area contributed by atoms with Gasteiger partial charge >= 0.3 is 0 Å². The number of nitrogens with one attached hydrogen (secondary N) is 2. The van der Waals surface area contributed by atoms with Crippen molar-refractivity contribution in [2.45, 2.75) is 6.42 Å². The molecule has 7 heteroatoms. The summed E-state index contributed by atoms with van der Waals surface area (Å²) in [4.78, 5) is 39.5. The molecule has 1 aliphatic heterocycles. The Kier molecular flexibility index (Phi) is 5.75. The third-order valence-electron chi connectivity index (χ3n) is 5.10. The Hall–Kier alpha value is -4.00. The van der Waals surface area contributed by atoms with Crippen molar-refractivity contribution in [3.05, 3.63) is 90.2 Å². The minimum Gasteiger partial charge on any atom is -0.325 e. The third-order valence-corrected chi connectivity index (χ3v) is 5.10. The fraction of sp³-hybridized carbons (Fsp3) is 0.125. The summed E-state index contributed by atoms with van der Waals surface area (Å²) in [6.45, 7) is 0.276. The van der Waals surface area contributed by atoms with Crippen LogP contribution in [0.25, 0.3) is 0 Å². The molecule has 3 amide bonds. The third kappa shape index (κ3) is 4.61. The number of para-hydroxylation sites is 2. The summed E-state index contributed by atoms with van der Waals surface area (Å²) in [5.41, 5.74) is 1.80. The van der Waals surface area contributed by atoms with Gasteiger partial charge in [-0.05, 0) is 48.5 Å². The number of carbonyl (C=O) groups is 3. The normalized spacial score (nSPS) is 15.6. The molecule has 1 atom stereocenters. The smallest absolute Gasteiger partial charge is 0.257 e. The van der Waals surface area contributed by atoms with Crippen molar-refractivity contribution >= 4 is 34.8 Å². The van der Waals surface area contributed by atoms with Crippen LogP contribution in [0.15, 0.2) is 78.9 Å². The molecule has 31 heavy (non-hydrogen) atoms. The van der Waals surface area contributed by atoms with Gasteiger partial charge in [-0.15, -0.1) is 0 Å². The molecule has 1 fully saturated rings. The molecule has 0 aromatic heterocycles. The van der Waals surface area contributed by atoms with Gasteiger partial charge in [0.05, 0.1) is 17.2 Å². The lowest BCUT2D eigenvalue weighted by Crippen LogP contribution is -2.28. The van der Waals surface area contributed by atoms with E-state index in [1.807, 2.05) is 30.3 Å². The minimum absolute atomic E-state index is 0.102. The van der Waals surface area contributed by atoms with Crippen molar-refractivity contribution in [3.63, 3.8) is 0 Å². The molecule has 0 aliphatic carbocycles. The average Bonchev–Trinajstić information content (AvgIpc) is 3.18. The molecule has 6 nitrogen and oxygen atoms in total. The molecule has 156 valence electrons. The van der Waals surface area contributed by atoms with Crippen LogP contribution in [0.3, 0.4) is 0 Å². The van der Waals surface area contributed by atoms with Crippen LogP contribution >= 0.6 is 0 Å². The number of hydrogen-bond donors (Lipinski definition) is 2. The number of benzene rings is 3. The van der Waals surface area contributed by atoms with E-state index in [0.717, 1.165) is 5.69 Å². The van der Waals surface area contributed by atoms with E-state index in [4.69, 9.17) is 0 Å². The van der Waals surface area contributed by atoms with Crippen LogP contribution in [-0.2, 0) is 9.59 Å². The Morgan fingerprint density at radius 3 is 2.29 bits per heavy atom. The molecule has 0 unspecified atom stereocenters. The number of nitrogens with zero attached hydrogens (tertiary/aromatic N) is 1. The lowest BCUT2D eigenvalue weighted by Gasteiger charge is -2.17. The monoisotopic (exact) mass is 417 g/mol. The van der Waals surface area contributed by atoms with E-state index < -0.39 is 17.6 Å². The van der Waals surface area contributed by atoms with E-state index >= 15 is 0 Å². The standard InChI is InChI=1S/C24H20FN3O3/c25-17-10-12-18(13-11-17)26-24(31)20-8-4-5-9-21(20)27-23(30)16-14-22(29)28(15-16)19-6-2-1-3-7-19/h1-13,16H,14-15H2,(H,26,31)(H,27,30)/t16-/m1/s1. The molecule has 0 radical (unpaired) electrons. The zero-order valence-corrected chi connectivity index (χ0v) is 16.5. The summed E-state index contributed by atoms with van der Waals surface area (Å²) in [7, 11) is 0. The largest absolute Gasteiger partial charge is 0.325 e. The highest BCUT2D eigenvalue weighted by atomic mass is 19.1. The number of hydrogen-bond acceptors (Lipinski definition) is 3. The van der Waals surface area contributed by atoms with Gasteiger partial charge in [0.2, 0.25) is 11.8 Å². The van der Waals surface area contributed by atoms with Crippen molar-refractivity contribution in [1.82, 2.24) is 0 Å². The molecule has 1 heterocycles. The van der Waals surface area contributed by atoms with Crippen molar-refractivity contribution in [3.8, 4) is 0 Å². The van der Waals surface area contributed by atoms with Crippen LogP contribution in [0.2, 0.25) is 0 Å². The van der Waals surface area contributed by atoms with E-state index in [9.17, 15) is 18.8 Å². The summed E-state index contributed by atoms with van der Waals surface area (Å²) >= 11 is 0. The molecule has 2 N–H and O–H groups in total. The maximum absolute atomic E-state index is 13.1. The predicted octanol–water partition coefficient (Wildman–Crippen LogP) is 4.07. The maximum atomic E-state index is 13.1. The van der Waals surface area contributed by atoms with Crippen molar-refractivity contribution in [1.29, 1.82) is 0 Å². The van der Waals surface area contributed by atoms with Gasteiger partial charge in [0, 0.05) is 24.3 Å². The number of carbonyl (C=O) groups excluding carboxylic acids is 3. The fourth-order valence-electron chi connectivity index (χ4n) is 3.50. The number of rotatable bonds is 5. The van der Waals surface area contributed by atoms with Crippen LogP contribution in [0.5, 0.6) is 0 Å². The lowest BCUT2D eigenvalue weighted by molar-refractivity contribution is -0.122. The van der Waals surface area contributed by atoms with Crippen molar-refractivity contribution in [2.24, 2.45) is 5.92 Å². The van der Waals surface area contributed by atoms with E-state index in [1.165, 1.54) is 24.3 Å². The molecule has 0 spiro atoms. The van der Waals surface area contributed by atoms with Gasteiger partial charge < -0.3 is 15.5 Å². The SMILES string of the molecule is O=C(Nc1ccc(F)cc1)c1ccccc1NC(=O)[C@@H]1CC(=O)N(c2ccccc2)C1. The van der Waals surface area contributed by atoms with Crippen LogP contribution in [0, 0.1) is 11.7 Å². The summed E-state index contributed by atoms with van der Waals surface area (Å²) in [6.07, 6.45) is 0.102. The topological polar surface area (TPSA) is 78.5 Å². The second kappa shape index (κ2) is 8.79. The molecular weight excluding hydrogens is 397 g/mol. The second-order valence-corrected chi connectivity index (χ2v) is 7.24. The first kappa shape index (κ1) is 20.3. The predicted molar refractivity (Wildman–Crippen MR) is 116 cm³/mol. The van der Waals surface area contributed by atoms with Crippen molar-refractivity contribution in [2.75, 3.05) is 22.1 Å². The highest BCUT2D eigenvalue weighted by Gasteiger charge is 2.35. The lowest BCUT2D eigenvalue weighted by atomic mass is 10.1. The summed E-state index contributed by atoms with van der Waals surface area (Å²) in [6, 6.07) is 21.2. The zero-order chi connectivity index (χ0) is 21.8. The van der Waals surface area contributed by atoms with Gasteiger partial charge in [-0.3, -0.25) is 14.4 Å². The molecule has 4 rings (SSSR count). The second-order valence-electron chi connectivity index (χ2n) is 7.24. The van der Waals surface area contributed by atoms with E-state index in [2.05, 4.69) is 10.6 Å². The molecule has 0 bridgehead atoms.